The number of aromatic hydroxyl groups is 1. The molecule has 21 heavy (non-hydrogen) atoms. The van der Waals surface area contributed by atoms with E-state index in [-0.39, 0.29) is 6.10 Å². The van der Waals surface area contributed by atoms with Gasteiger partial charge in [0, 0.05) is 6.10 Å². The van der Waals surface area contributed by atoms with Crippen LogP contribution >= 0.6 is 34.8 Å². The van der Waals surface area contributed by atoms with E-state index in [1.807, 2.05) is 42.5 Å². The lowest BCUT2D eigenvalue weighted by Gasteiger charge is -1.82. The van der Waals surface area contributed by atoms with Crippen LogP contribution in [0.4, 0.5) is 0 Å². The van der Waals surface area contributed by atoms with Crippen LogP contribution in [0.25, 0.3) is 0 Å². The third-order valence-electron chi connectivity index (χ3n) is 1.42. The molecule has 2 aromatic rings. The minimum atomic E-state index is -0.750. The number of hydrogen-bond donors (Lipinski definition) is 2. The maximum atomic E-state index is 8.63. The van der Waals surface area contributed by atoms with Gasteiger partial charge < -0.3 is 10.2 Å². The predicted molar refractivity (Wildman–Crippen MR) is 93.3 cm³/mol. The predicted octanol–water partition coefficient (Wildman–Crippen LogP) is 5.45. The van der Waals surface area contributed by atoms with Crippen LogP contribution in [-0.2, 0) is 0 Å². The number of alkyl halides is 3. The van der Waals surface area contributed by atoms with E-state index in [0.717, 1.165) is 0 Å². The van der Waals surface area contributed by atoms with Crippen molar-refractivity contribution in [3.05, 3.63) is 66.7 Å². The third kappa shape index (κ3) is 32.5. The van der Waals surface area contributed by atoms with Gasteiger partial charge >= 0.3 is 0 Å². The molecular weight excluding hydrogens is 331 g/mol. The van der Waals surface area contributed by atoms with Crippen molar-refractivity contribution in [1.82, 2.24) is 0 Å². The quantitative estimate of drug-likeness (QED) is 0.619. The van der Waals surface area contributed by atoms with Gasteiger partial charge in [-0.2, -0.15) is 0 Å². The second-order valence-electron chi connectivity index (χ2n) is 3.83. The molecule has 0 aromatic heterocycles. The van der Waals surface area contributed by atoms with Gasteiger partial charge in [0.15, 0.2) is 4.30 Å². The Hall–Kier alpha value is -0.930. The van der Waals surface area contributed by atoms with Crippen molar-refractivity contribution in [1.29, 1.82) is 0 Å². The van der Waals surface area contributed by atoms with Gasteiger partial charge in [0.2, 0.25) is 0 Å². The highest BCUT2D eigenvalue weighted by Gasteiger charge is 1.79. The minimum Gasteiger partial charge on any atom is -0.508 e. The molecule has 5 heteroatoms. The smallest absolute Gasteiger partial charge is 0.180 e. The summed E-state index contributed by atoms with van der Waals surface area (Å²) in [5.41, 5.74) is 0. The van der Waals surface area contributed by atoms with E-state index in [9.17, 15) is 0 Å². The Labute approximate surface area is 141 Å². The number of para-hydroxylation sites is 1. The summed E-state index contributed by atoms with van der Waals surface area (Å²) in [6.07, 6.45) is -0.167. The van der Waals surface area contributed by atoms with Crippen molar-refractivity contribution in [2.45, 2.75) is 24.2 Å². The van der Waals surface area contributed by atoms with E-state index in [4.69, 9.17) is 45.0 Å². The average molecular weight is 352 g/mol. The number of aliphatic hydroxyl groups is 1. The molecule has 2 nitrogen and oxygen atoms in total. The van der Waals surface area contributed by atoms with Gasteiger partial charge in [0.25, 0.3) is 0 Å². The Bertz CT molecular complexity index is 357. The molecule has 0 fully saturated rings. The highest BCUT2D eigenvalue weighted by atomic mass is 35.6. The zero-order valence-electron chi connectivity index (χ0n) is 12.0. The summed E-state index contributed by atoms with van der Waals surface area (Å²) in [5, 5.41) is 16.7. The van der Waals surface area contributed by atoms with Crippen LogP contribution in [0, 0.1) is 0 Å². The monoisotopic (exact) mass is 350 g/mol. The molecule has 0 radical (unpaired) electrons. The fourth-order valence-corrected chi connectivity index (χ4v) is 0.813. The van der Waals surface area contributed by atoms with Crippen LogP contribution in [0.1, 0.15) is 13.8 Å². The highest BCUT2D eigenvalue weighted by molar-refractivity contribution is 6.63. The first-order chi connectivity index (χ1) is 9.86. The molecule has 0 amide bonds. The molecule has 0 atom stereocenters. The van der Waals surface area contributed by atoms with Crippen LogP contribution in [0.3, 0.4) is 0 Å². The number of phenolic OH excluding ortho intramolecular Hbond substituents is 1. The van der Waals surface area contributed by atoms with Gasteiger partial charge in [-0.3, -0.25) is 0 Å². The van der Waals surface area contributed by atoms with Crippen LogP contribution in [0.2, 0.25) is 0 Å². The SMILES string of the molecule is CC(C)O.ClC(Cl)Cl.Oc1ccccc1.c1ccccc1. The molecule has 2 aromatic carbocycles. The molecule has 0 bridgehead atoms. The molecule has 0 unspecified atom stereocenters. The number of benzene rings is 2. The van der Waals surface area contributed by atoms with E-state index >= 15 is 0 Å². The lowest BCUT2D eigenvalue weighted by molar-refractivity contribution is 0.216. The van der Waals surface area contributed by atoms with Crippen LogP contribution < -0.4 is 0 Å². The lowest BCUT2D eigenvalue weighted by atomic mass is 10.3. The number of rotatable bonds is 0. The number of hydrogen-bond acceptors (Lipinski definition) is 2. The zero-order chi connectivity index (χ0) is 16.5. The lowest BCUT2D eigenvalue weighted by Crippen LogP contribution is -1.85. The van der Waals surface area contributed by atoms with Gasteiger partial charge in [-0.05, 0) is 26.0 Å². The Kier molecular flexibility index (Phi) is 18.2. The van der Waals surface area contributed by atoms with Crippen molar-refractivity contribution >= 4 is 34.8 Å². The molecule has 0 saturated carbocycles. The molecule has 2 N–H and O–H groups in total. The van der Waals surface area contributed by atoms with E-state index in [1.54, 1.807) is 38.1 Å². The van der Waals surface area contributed by atoms with Gasteiger partial charge in [-0.15, -0.1) is 0 Å². The third-order valence-corrected chi connectivity index (χ3v) is 1.42. The second kappa shape index (κ2) is 17.1. The van der Waals surface area contributed by atoms with Crippen molar-refractivity contribution < 1.29 is 10.2 Å². The number of phenols is 1. The normalized spacial score (nSPS) is 8.57. The topological polar surface area (TPSA) is 40.5 Å². The fraction of sp³-hybridized carbons (Fsp3) is 0.250. The molecule has 0 saturated heterocycles. The van der Waals surface area contributed by atoms with Gasteiger partial charge in [0.1, 0.15) is 5.75 Å². The van der Waals surface area contributed by atoms with Crippen molar-refractivity contribution in [3.8, 4) is 5.75 Å². The Balaban J connectivity index is 0. The molecule has 0 aliphatic carbocycles. The summed E-state index contributed by atoms with van der Waals surface area (Å²) in [7, 11) is 0. The summed E-state index contributed by atoms with van der Waals surface area (Å²) < 4.78 is -0.750. The highest BCUT2D eigenvalue weighted by Crippen LogP contribution is 2.03. The van der Waals surface area contributed by atoms with E-state index in [2.05, 4.69) is 0 Å². The van der Waals surface area contributed by atoms with Crippen molar-refractivity contribution in [2.24, 2.45) is 0 Å². The first-order valence-corrected chi connectivity index (χ1v) is 7.51. The van der Waals surface area contributed by atoms with Gasteiger partial charge in [-0.25, -0.2) is 0 Å². The Morgan fingerprint density at radius 1 is 0.714 bits per heavy atom. The van der Waals surface area contributed by atoms with Crippen molar-refractivity contribution in [2.75, 3.05) is 0 Å². The van der Waals surface area contributed by atoms with Gasteiger partial charge in [0.05, 0.1) is 0 Å². The molecule has 0 aliphatic heterocycles. The molecular formula is C16H21Cl3O2. The van der Waals surface area contributed by atoms with Crippen LogP contribution in [-0.4, -0.2) is 20.6 Å². The summed E-state index contributed by atoms with van der Waals surface area (Å²) in [6.45, 7) is 3.44. The summed E-state index contributed by atoms with van der Waals surface area (Å²) >= 11 is 14.4. The van der Waals surface area contributed by atoms with E-state index in [0.29, 0.717) is 5.75 Å². The maximum absolute atomic E-state index is 8.63. The van der Waals surface area contributed by atoms with Crippen LogP contribution in [0.5, 0.6) is 5.75 Å². The fourth-order valence-electron chi connectivity index (χ4n) is 0.813. The zero-order valence-corrected chi connectivity index (χ0v) is 14.3. The summed E-state index contributed by atoms with van der Waals surface area (Å²) in [4.78, 5) is 0. The molecule has 0 aliphatic rings. The average Bonchev–Trinajstić information content (AvgIpc) is 2.41. The minimum absolute atomic E-state index is 0.167. The molecule has 0 spiro atoms. The standard InChI is InChI=1S/C6H6O.C6H6.C3H8O.CHCl3/c7-6-4-2-1-3-5-6;1-2-4-6-5-3-1;1-3(2)4;2-1(3)4/h1-5,7H;1-6H;3-4H,1-2H3;1H. The largest absolute Gasteiger partial charge is 0.508 e. The maximum Gasteiger partial charge on any atom is 0.180 e. The first-order valence-electron chi connectivity index (χ1n) is 6.20. The Morgan fingerprint density at radius 2 is 0.905 bits per heavy atom. The van der Waals surface area contributed by atoms with Gasteiger partial charge in [-0.1, -0.05) is 89.4 Å². The molecule has 118 valence electrons. The summed E-state index contributed by atoms with van der Waals surface area (Å²) in [6, 6.07) is 20.7. The Morgan fingerprint density at radius 3 is 1.05 bits per heavy atom. The first kappa shape index (κ1) is 22.4. The van der Waals surface area contributed by atoms with Crippen LogP contribution in [0.15, 0.2) is 66.7 Å². The number of halogens is 3. The molecule has 2 rings (SSSR count). The van der Waals surface area contributed by atoms with E-state index < -0.39 is 4.30 Å². The number of aliphatic hydroxyl groups excluding tert-OH is 1. The second-order valence-corrected chi connectivity index (χ2v) is 5.81. The van der Waals surface area contributed by atoms with Crippen molar-refractivity contribution in [3.63, 3.8) is 0 Å². The van der Waals surface area contributed by atoms with E-state index in [1.165, 1.54) is 0 Å². The summed E-state index contributed by atoms with van der Waals surface area (Å²) in [5.74, 6) is 0.322. The molecule has 0 heterocycles.